The Morgan fingerprint density at radius 1 is 1.24 bits per heavy atom. The van der Waals surface area contributed by atoms with Crippen molar-refractivity contribution in [2.45, 2.75) is 56.3 Å². The van der Waals surface area contributed by atoms with Gasteiger partial charge in [0.25, 0.3) is 0 Å². The van der Waals surface area contributed by atoms with Crippen molar-refractivity contribution >= 4 is 38.4 Å². The normalized spacial score (nSPS) is 19.8. The SMILES string of the molecule is CCCCN(C(=O)CSc1nnc(-c2c[nH]c3ccccc23)n1C1CC1)[C@@H]1CCS(=O)(=O)C1. The van der Waals surface area contributed by atoms with E-state index in [1.165, 1.54) is 11.8 Å². The van der Waals surface area contributed by atoms with Crippen molar-refractivity contribution in [3.8, 4) is 11.4 Å². The lowest BCUT2D eigenvalue weighted by atomic mass is 10.1. The summed E-state index contributed by atoms with van der Waals surface area (Å²) in [6, 6.07) is 8.28. The first-order valence-electron chi connectivity index (χ1n) is 11.6. The molecule has 0 bridgehead atoms. The third-order valence-electron chi connectivity index (χ3n) is 6.45. The van der Waals surface area contributed by atoms with E-state index in [2.05, 4.69) is 32.7 Å². The minimum absolute atomic E-state index is 0.0189. The number of thioether (sulfide) groups is 1. The molecule has 5 rings (SSSR count). The summed E-state index contributed by atoms with van der Waals surface area (Å²) in [4.78, 5) is 18.3. The van der Waals surface area contributed by atoms with Crippen molar-refractivity contribution in [1.29, 1.82) is 0 Å². The van der Waals surface area contributed by atoms with Gasteiger partial charge >= 0.3 is 0 Å². The van der Waals surface area contributed by atoms with Gasteiger partial charge in [-0.15, -0.1) is 10.2 Å². The first-order valence-corrected chi connectivity index (χ1v) is 14.4. The quantitative estimate of drug-likeness (QED) is 0.462. The number of benzene rings is 1. The Balaban J connectivity index is 1.35. The molecule has 176 valence electrons. The van der Waals surface area contributed by atoms with Crippen LogP contribution >= 0.6 is 11.8 Å². The molecular weight excluding hydrogens is 458 g/mol. The smallest absolute Gasteiger partial charge is 0.233 e. The van der Waals surface area contributed by atoms with Gasteiger partial charge in [0.05, 0.1) is 17.3 Å². The lowest BCUT2D eigenvalue weighted by Crippen LogP contribution is -2.42. The summed E-state index contributed by atoms with van der Waals surface area (Å²) < 4.78 is 26.1. The van der Waals surface area contributed by atoms with Crippen LogP contribution in [0.25, 0.3) is 22.3 Å². The van der Waals surface area contributed by atoms with Crippen LogP contribution in [-0.4, -0.2) is 68.8 Å². The van der Waals surface area contributed by atoms with Crippen LogP contribution in [0.4, 0.5) is 0 Å². The summed E-state index contributed by atoms with van der Waals surface area (Å²) in [5.74, 6) is 1.30. The van der Waals surface area contributed by atoms with Crippen molar-refractivity contribution in [2.24, 2.45) is 0 Å². The van der Waals surface area contributed by atoms with E-state index in [-0.39, 0.29) is 29.2 Å². The predicted molar refractivity (Wildman–Crippen MR) is 130 cm³/mol. The molecule has 0 radical (unpaired) electrons. The Labute approximate surface area is 198 Å². The van der Waals surface area contributed by atoms with E-state index in [4.69, 9.17) is 0 Å². The minimum Gasteiger partial charge on any atom is -0.360 e. The molecule has 2 aliphatic rings. The fraction of sp³-hybridized carbons (Fsp3) is 0.522. The van der Waals surface area contributed by atoms with Crippen LogP contribution in [0.1, 0.15) is 45.1 Å². The van der Waals surface area contributed by atoms with Gasteiger partial charge in [-0.05, 0) is 31.7 Å². The highest BCUT2D eigenvalue weighted by Gasteiger charge is 2.35. The number of H-pyrrole nitrogens is 1. The number of amides is 1. The molecule has 2 fully saturated rings. The standard InChI is InChI=1S/C23H29N5O3S2/c1-2-3-11-27(17-10-12-33(30,31)15-17)21(29)14-32-23-26-25-22(28(23)16-8-9-16)19-13-24-20-7-5-4-6-18(19)20/h4-7,13,16-17,24H,2-3,8-12,14-15H2,1H3/t17-/m1/s1. The molecule has 1 aliphatic carbocycles. The van der Waals surface area contributed by atoms with Crippen LogP contribution in [0, 0.1) is 0 Å². The molecule has 3 aromatic rings. The number of aromatic amines is 1. The molecule has 1 atom stereocenters. The Hall–Kier alpha value is -2.33. The Bertz CT molecular complexity index is 1260. The zero-order valence-corrected chi connectivity index (χ0v) is 20.4. The fourth-order valence-corrected chi connectivity index (χ4v) is 7.17. The molecule has 8 nitrogen and oxygen atoms in total. The topological polar surface area (TPSA) is 101 Å². The number of aromatic nitrogens is 4. The highest BCUT2D eigenvalue weighted by atomic mass is 32.2. The third kappa shape index (κ3) is 4.68. The Kier molecular flexibility index (Phi) is 6.22. The number of rotatable bonds is 9. The van der Waals surface area contributed by atoms with Crippen LogP contribution in [0.15, 0.2) is 35.6 Å². The average Bonchev–Trinajstić information content (AvgIpc) is 3.24. The van der Waals surface area contributed by atoms with Crippen molar-refractivity contribution in [3.63, 3.8) is 0 Å². The molecule has 1 aliphatic heterocycles. The maximum atomic E-state index is 13.2. The van der Waals surface area contributed by atoms with Gasteiger partial charge in [-0.1, -0.05) is 43.3 Å². The number of fused-ring (bicyclic) bond motifs is 1. The number of sulfone groups is 1. The molecular formula is C23H29N5O3S2. The molecule has 1 N–H and O–H groups in total. The third-order valence-corrected chi connectivity index (χ3v) is 9.13. The number of nitrogens with one attached hydrogen (secondary N) is 1. The molecule has 3 heterocycles. The lowest BCUT2D eigenvalue weighted by Gasteiger charge is -2.28. The first-order chi connectivity index (χ1) is 16.0. The number of nitrogens with zero attached hydrogens (tertiary/aromatic N) is 4. The van der Waals surface area contributed by atoms with Gasteiger partial charge in [0.1, 0.15) is 0 Å². The molecule has 1 amide bonds. The zero-order valence-electron chi connectivity index (χ0n) is 18.7. The number of unbranched alkanes of at least 4 members (excludes halogenated alkanes) is 1. The molecule has 0 unspecified atom stereocenters. The summed E-state index contributed by atoms with van der Waals surface area (Å²) in [5.41, 5.74) is 2.07. The van der Waals surface area contributed by atoms with Crippen LogP contribution in [0.3, 0.4) is 0 Å². The number of hydrogen-bond acceptors (Lipinski definition) is 6. The van der Waals surface area contributed by atoms with E-state index in [9.17, 15) is 13.2 Å². The number of para-hydroxylation sites is 1. The van der Waals surface area contributed by atoms with Gasteiger partial charge in [-0.25, -0.2) is 8.42 Å². The monoisotopic (exact) mass is 487 g/mol. The van der Waals surface area contributed by atoms with Gasteiger partial charge in [-0.3, -0.25) is 9.36 Å². The largest absolute Gasteiger partial charge is 0.360 e. The van der Waals surface area contributed by atoms with Crippen LogP contribution in [0.5, 0.6) is 0 Å². The fourth-order valence-electron chi connectivity index (χ4n) is 4.55. The van der Waals surface area contributed by atoms with Gasteiger partial charge < -0.3 is 9.88 Å². The average molecular weight is 488 g/mol. The Morgan fingerprint density at radius 2 is 2.06 bits per heavy atom. The summed E-state index contributed by atoms with van der Waals surface area (Å²) in [6.07, 6.45) is 6.50. The molecule has 33 heavy (non-hydrogen) atoms. The molecule has 10 heteroatoms. The number of carbonyl (C=O) groups is 1. The van der Waals surface area contributed by atoms with Crippen LogP contribution in [-0.2, 0) is 14.6 Å². The highest BCUT2D eigenvalue weighted by Crippen LogP contribution is 2.42. The summed E-state index contributed by atoms with van der Waals surface area (Å²) in [6.45, 7) is 2.68. The zero-order chi connectivity index (χ0) is 23.0. The second-order valence-electron chi connectivity index (χ2n) is 8.94. The van der Waals surface area contributed by atoms with Gasteiger partial charge in [0.2, 0.25) is 5.91 Å². The maximum Gasteiger partial charge on any atom is 0.233 e. The van der Waals surface area contributed by atoms with E-state index in [1.807, 2.05) is 24.4 Å². The van der Waals surface area contributed by atoms with Crippen molar-refractivity contribution in [2.75, 3.05) is 23.8 Å². The summed E-state index contributed by atoms with van der Waals surface area (Å²) >= 11 is 1.41. The van der Waals surface area contributed by atoms with Gasteiger partial charge in [-0.2, -0.15) is 0 Å². The Morgan fingerprint density at radius 3 is 2.79 bits per heavy atom. The van der Waals surface area contributed by atoms with Gasteiger partial charge in [0.15, 0.2) is 20.8 Å². The van der Waals surface area contributed by atoms with E-state index in [0.29, 0.717) is 19.0 Å². The molecule has 0 spiro atoms. The minimum atomic E-state index is -3.05. The van der Waals surface area contributed by atoms with Crippen molar-refractivity contribution < 1.29 is 13.2 Å². The second-order valence-corrected chi connectivity index (χ2v) is 12.1. The van der Waals surface area contributed by atoms with E-state index >= 15 is 0 Å². The van der Waals surface area contributed by atoms with E-state index < -0.39 is 9.84 Å². The molecule has 1 saturated carbocycles. The predicted octanol–water partition coefficient (Wildman–Crippen LogP) is 3.67. The molecule has 1 aromatic carbocycles. The lowest BCUT2D eigenvalue weighted by molar-refractivity contribution is -0.130. The maximum absolute atomic E-state index is 13.2. The van der Waals surface area contributed by atoms with Crippen LogP contribution < -0.4 is 0 Å². The summed E-state index contributed by atoms with van der Waals surface area (Å²) in [7, 11) is -3.05. The first kappa shape index (κ1) is 22.5. The highest BCUT2D eigenvalue weighted by molar-refractivity contribution is 7.99. The summed E-state index contributed by atoms with van der Waals surface area (Å²) in [5, 5.41) is 10.8. The van der Waals surface area contributed by atoms with Crippen molar-refractivity contribution in [1.82, 2.24) is 24.6 Å². The van der Waals surface area contributed by atoms with E-state index in [0.717, 1.165) is 53.1 Å². The van der Waals surface area contributed by atoms with Crippen molar-refractivity contribution in [3.05, 3.63) is 30.5 Å². The second kappa shape index (κ2) is 9.13. The van der Waals surface area contributed by atoms with Gasteiger partial charge in [0, 0.05) is 41.3 Å². The molecule has 2 aromatic heterocycles. The number of hydrogen-bond donors (Lipinski definition) is 1. The van der Waals surface area contributed by atoms with Crippen LogP contribution in [0.2, 0.25) is 0 Å². The molecule has 1 saturated heterocycles. The number of carbonyl (C=O) groups excluding carboxylic acids is 1. The van der Waals surface area contributed by atoms with E-state index in [1.54, 1.807) is 4.90 Å².